The topological polar surface area (TPSA) is 143 Å². The summed E-state index contributed by atoms with van der Waals surface area (Å²) in [4.78, 5) is 26.2. The van der Waals surface area contributed by atoms with Crippen LogP contribution in [0.5, 0.6) is 0 Å². The number of carbonyl (C=O) groups is 1. The summed E-state index contributed by atoms with van der Waals surface area (Å²) in [6.45, 7) is 10.8. The highest BCUT2D eigenvalue weighted by Gasteiger charge is 2.56. The van der Waals surface area contributed by atoms with Gasteiger partial charge in [0.15, 0.2) is 0 Å². The van der Waals surface area contributed by atoms with E-state index in [4.69, 9.17) is 4.74 Å². The van der Waals surface area contributed by atoms with E-state index in [2.05, 4.69) is 71.4 Å². The van der Waals surface area contributed by atoms with Crippen molar-refractivity contribution in [3.05, 3.63) is 93.5 Å². The van der Waals surface area contributed by atoms with E-state index in [1.807, 2.05) is 12.1 Å². The second-order valence-electron chi connectivity index (χ2n) is 15.9. The molecule has 3 aromatic rings. The lowest BCUT2D eigenvalue weighted by Gasteiger charge is -2.62. The molecule has 3 aromatic carbocycles. The van der Waals surface area contributed by atoms with E-state index >= 15 is 0 Å². The summed E-state index contributed by atoms with van der Waals surface area (Å²) in [5.41, 5.74) is 5.31. The van der Waals surface area contributed by atoms with E-state index < -0.39 is 20.9 Å². The van der Waals surface area contributed by atoms with Gasteiger partial charge in [-0.1, -0.05) is 50.6 Å². The Hall–Kier alpha value is -4.42. The van der Waals surface area contributed by atoms with E-state index in [1.165, 1.54) is 41.8 Å². The normalized spacial score (nSPS) is 24.1. The quantitative estimate of drug-likeness (QED) is 0.133. The van der Waals surface area contributed by atoms with Gasteiger partial charge in [0, 0.05) is 61.9 Å². The summed E-state index contributed by atoms with van der Waals surface area (Å²) in [7, 11) is -4.37. The van der Waals surface area contributed by atoms with Gasteiger partial charge in [-0.15, -0.1) is 0 Å². The molecular weight excluding hydrogens is 691 g/mol. The van der Waals surface area contributed by atoms with E-state index in [9.17, 15) is 23.3 Å². The van der Waals surface area contributed by atoms with Gasteiger partial charge in [-0.3, -0.25) is 14.9 Å². The van der Waals surface area contributed by atoms with Crippen LogP contribution in [0.3, 0.4) is 0 Å². The number of nitro benzene ring substituents is 1. The van der Waals surface area contributed by atoms with Crippen LogP contribution in [0, 0.1) is 39.2 Å². The number of piperidine rings is 1. The molecule has 2 aliphatic heterocycles. The molecule has 3 aliphatic carbocycles. The van der Waals surface area contributed by atoms with Gasteiger partial charge >= 0.3 is 0 Å². The predicted molar refractivity (Wildman–Crippen MR) is 209 cm³/mol. The van der Waals surface area contributed by atoms with Gasteiger partial charge in [-0.2, -0.15) is 0 Å². The molecule has 0 radical (unpaired) electrons. The number of amides is 1. The number of para-hydroxylation sites is 1. The van der Waals surface area contributed by atoms with E-state index in [0.717, 1.165) is 62.4 Å². The first kappa shape index (κ1) is 36.9. The van der Waals surface area contributed by atoms with Crippen molar-refractivity contribution >= 4 is 44.8 Å². The summed E-state index contributed by atoms with van der Waals surface area (Å²) in [5.74, 6) is 1.75. The molecule has 4 atom stereocenters. The van der Waals surface area contributed by atoms with Crippen LogP contribution >= 0.6 is 0 Å². The summed E-state index contributed by atoms with van der Waals surface area (Å²) >= 11 is 0. The van der Waals surface area contributed by atoms with Gasteiger partial charge < -0.3 is 20.3 Å². The molecule has 0 unspecified atom stereocenters. The summed E-state index contributed by atoms with van der Waals surface area (Å²) in [6.07, 6.45) is 8.48. The van der Waals surface area contributed by atoms with Crippen molar-refractivity contribution in [2.24, 2.45) is 29.1 Å². The highest BCUT2D eigenvalue weighted by molar-refractivity contribution is 7.90. The Morgan fingerprint density at radius 1 is 1.00 bits per heavy atom. The average Bonchev–Trinajstić information content (AvgIpc) is 3.15. The summed E-state index contributed by atoms with van der Waals surface area (Å²) < 4.78 is 33.7. The van der Waals surface area contributed by atoms with Gasteiger partial charge in [0.1, 0.15) is 5.69 Å². The molecule has 5 aliphatic rings. The van der Waals surface area contributed by atoms with Crippen molar-refractivity contribution in [1.29, 1.82) is 0 Å². The lowest BCUT2D eigenvalue weighted by Crippen LogP contribution is -2.58. The first-order valence-corrected chi connectivity index (χ1v) is 20.4. The number of sulfonamides is 1. The van der Waals surface area contributed by atoms with Gasteiger partial charge in [0.05, 0.1) is 9.82 Å². The lowest BCUT2D eigenvalue weighted by molar-refractivity contribution is -0.384. The minimum Gasteiger partial charge on any atom is -0.382 e. The standard InChI is InChI=1S/C41H51N5O6S/c1-27-35-23-32(41(35,2)3)24-38(27)43-36-7-5-4-6-31(36)22-28-14-18-45(19-15-28)33-10-8-30(9-11-33)40(47)44-53(50,51)34-12-13-37(39(25-34)46(48)49)42-26-29-16-20-52-21-17-29/h4-13,22,25,27,29,32,35,38,42-43H,14-21,23-24,26H2,1-3H3,(H,44,47)/t27-,32+,35-,38-/m0/s1. The molecule has 2 heterocycles. The molecule has 5 fully saturated rings. The molecular formula is C41H51N5O6S. The van der Waals surface area contributed by atoms with Crippen LogP contribution in [0.4, 0.5) is 22.7 Å². The lowest BCUT2D eigenvalue weighted by atomic mass is 9.45. The number of nitro groups is 1. The highest BCUT2D eigenvalue weighted by Crippen LogP contribution is 2.61. The summed E-state index contributed by atoms with van der Waals surface area (Å²) in [6, 6.07) is 19.6. The predicted octanol–water partition coefficient (Wildman–Crippen LogP) is 7.72. The Kier molecular flexibility index (Phi) is 10.5. The highest BCUT2D eigenvalue weighted by atomic mass is 32.2. The third kappa shape index (κ3) is 7.94. The number of ether oxygens (including phenoxy) is 1. The van der Waals surface area contributed by atoms with E-state index in [0.29, 0.717) is 43.1 Å². The molecule has 0 spiro atoms. The number of hydrogen-bond donors (Lipinski definition) is 3. The van der Waals surface area contributed by atoms with Crippen LogP contribution in [0.2, 0.25) is 0 Å². The number of fused-ring (bicyclic) bond motifs is 2. The van der Waals surface area contributed by atoms with Gasteiger partial charge in [0.25, 0.3) is 21.6 Å². The summed E-state index contributed by atoms with van der Waals surface area (Å²) in [5, 5.41) is 18.8. The Bertz CT molecular complexity index is 1960. The average molecular weight is 742 g/mol. The molecule has 8 rings (SSSR count). The monoisotopic (exact) mass is 741 g/mol. The van der Waals surface area contributed by atoms with Crippen LogP contribution in [0.15, 0.2) is 77.2 Å². The van der Waals surface area contributed by atoms with Crippen molar-refractivity contribution in [3.63, 3.8) is 0 Å². The zero-order chi connectivity index (χ0) is 37.3. The second-order valence-corrected chi connectivity index (χ2v) is 17.6. The number of rotatable bonds is 11. The van der Waals surface area contributed by atoms with E-state index in [-0.39, 0.29) is 21.8 Å². The third-order valence-electron chi connectivity index (χ3n) is 12.5. The smallest absolute Gasteiger partial charge is 0.293 e. The fourth-order valence-electron chi connectivity index (χ4n) is 8.96. The van der Waals surface area contributed by atoms with Crippen LogP contribution in [-0.4, -0.2) is 58.1 Å². The van der Waals surface area contributed by atoms with Crippen molar-refractivity contribution in [3.8, 4) is 0 Å². The van der Waals surface area contributed by atoms with Crippen LogP contribution < -0.4 is 20.3 Å². The zero-order valence-electron chi connectivity index (χ0n) is 30.8. The Morgan fingerprint density at radius 3 is 2.40 bits per heavy atom. The molecule has 0 aromatic heterocycles. The van der Waals surface area contributed by atoms with Gasteiger partial charge in [0.2, 0.25) is 0 Å². The molecule has 2 bridgehead atoms. The van der Waals surface area contributed by atoms with Crippen molar-refractivity contribution in [1.82, 2.24) is 4.72 Å². The molecule has 3 N–H and O–H groups in total. The molecule has 1 amide bonds. The van der Waals surface area contributed by atoms with Gasteiger partial charge in [-0.25, -0.2) is 13.1 Å². The maximum atomic E-state index is 13.2. The first-order chi connectivity index (χ1) is 25.4. The maximum Gasteiger partial charge on any atom is 0.293 e. The number of nitrogens with zero attached hydrogens (tertiary/aromatic N) is 2. The van der Waals surface area contributed by atoms with E-state index in [1.54, 1.807) is 12.1 Å². The molecule has 282 valence electrons. The number of hydrogen-bond acceptors (Lipinski definition) is 9. The Labute approximate surface area is 312 Å². The fraction of sp³-hybridized carbons (Fsp3) is 0.488. The van der Waals surface area contributed by atoms with Gasteiger partial charge in [-0.05, 0) is 116 Å². The second kappa shape index (κ2) is 15.1. The largest absolute Gasteiger partial charge is 0.382 e. The number of nitrogens with one attached hydrogen (secondary N) is 3. The minimum atomic E-state index is -4.37. The number of anilines is 3. The molecule has 11 nitrogen and oxygen atoms in total. The molecule has 12 heteroatoms. The molecule has 3 saturated carbocycles. The maximum absolute atomic E-state index is 13.2. The SMILES string of the molecule is C[C@@H]1[C@@H](Nc2ccccc2C=C2CCN(c3ccc(C(=O)NS(=O)(=O)c4ccc(NCC5CCOCC5)c([N+](=O)[O-])c4)cc3)CC2)C[C@H]2C[C@@H]1C2(C)C. The van der Waals surface area contributed by atoms with Crippen molar-refractivity contribution in [2.75, 3.05) is 48.4 Å². The number of carbonyl (C=O) groups excluding carboxylic acids is 1. The van der Waals surface area contributed by atoms with Crippen LogP contribution in [0.25, 0.3) is 6.08 Å². The first-order valence-electron chi connectivity index (χ1n) is 19.0. The minimum absolute atomic E-state index is 0.177. The third-order valence-corrected chi connectivity index (χ3v) is 13.9. The fourth-order valence-corrected chi connectivity index (χ4v) is 9.95. The van der Waals surface area contributed by atoms with Crippen molar-refractivity contribution in [2.45, 2.75) is 70.2 Å². The molecule has 53 heavy (non-hydrogen) atoms. The zero-order valence-corrected chi connectivity index (χ0v) is 31.7. The van der Waals surface area contributed by atoms with Crippen molar-refractivity contribution < 1.29 is 22.9 Å². The Morgan fingerprint density at radius 2 is 1.72 bits per heavy atom. The Balaban J connectivity index is 0.939. The number of benzene rings is 3. The van der Waals surface area contributed by atoms with Crippen LogP contribution in [-0.2, 0) is 14.8 Å². The molecule has 2 saturated heterocycles. The van der Waals surface area contributed by atoms with Crippen LogP contribution in [0.1, 0.15) is 75.2 Å².